The number of aryl methyl sites for hydroxylation is 1. The van der Waals surface area contributed by atoms with Crippen molar-refractivity contribution < 1.29 is 4.74 Å². The van der Waals surface area contributed by atoms with Crippen molar-refractivity contribution in [1.82, 2.24) is 9.97 Å². The molecular formula is C15H18ClN3O. The van der Waals surface area contributed by atoms with Crippen LogP contribution >= 0.6 is 11.6 Å². The number of nitrogens with one attached hydrogen (secondary N) is 1. The summed E-state index contributed by atoms with van der Waals surface area (Å²) in [4.78, 5) is 9.07. The number of halogens is 1. The third-order valence-corrected chi connectivity index (χ3v) is 3.25. The summed E-state index contributed by atoms with van der Waals surface area (Å²) in [6, 6.07) is 7.53. The van der Waals surface area contributed by atoms with E-state index >= 15 is 0 Å². The standard InChI is InChI=1S/C15H18ClN3O/c1-4-5-11-9-14(17-2)19-15(18-11)10-6-7-13(20-3)12(16)8-10/h6-9H,4-5H2,1-3H3,(H,17,18,19). The van der Waals surface area contributed by atoms with E-state index in [0.29, 0.717) is 16.6 Å². The van der Waals surface area contributed by atoms with Crippen LogP contribution < -0.4 is 10.1 Å². The Labute approximate surface area is 124 Å². The van der Waals surface area contributed by atoms with E-state index < -0.39 is 0 Å². The summed E-state index contributed by atoms with van der Waals surface area (Å²) in [6.07, 6.45) is 1.97. The molecule has 0 radical (unpaired) electrons. The maximum Gasteiger partial charge on any atom is 0.161 e. The third kappa shape index (κ3) is 3.20. The molecule has 1 aromatic carbocycles. The first-order valence-corrected chi connectivity index (χ1v) is 6.95. The molecule has 1 aromatic heterocycles. The zero-order valence-corrected chi connectivity index (χ0v) is 12.7. The van der Waals surface area contributed by atoms with Gasteiger partial charge in [0, 0.05) is 24.4 Å². The van der Waals surface area contributed by atoms with E-state index in [1.165, 1.54) is 0 Å². The van der Waals surface area contributed by atoms with Crippen LogP contribution in [0.25, 0.3) is 11.4 Å². The van der Waals surface area contributed by atoms with Crippen molar-refractivity contribution >= 4 is 17.4 Å². The first-order valence-electron chi connectivity index (χ1n) is 6.57. The Kier molecular flexibility index (Phi) is 4.79. The Balaban J connectivity index is 2.45. The number of ether oxygens (including phenoxy) is 1. The van der Waals surface area contributed by atoms with Gasteiger partial charge in [0.2, 0.25) is 0 Å². The Bertz CT molecular complexity index is 602. The normalized spacial score (nSPS) is 10.4. The van der Waals surface area contributed by atoms with Gasteiger partial charge in [-0.15, -0.1) is 0 Å². The van der Waals surface area contributed by atoms with E-state index in [2.05, 4.69) is 22.2 Å². The summed E-state index contributed by atoms with van der Waals surface area (Å²) < 4.78 is 5.16. The monoisotopic (exact) mass is 291 g/mol. The number of aromatic nitrogens is 2. The van der Waals surface area contributed by atoms with Crippen molar-refractivity contribution in [3.63, 3.8) is 0 Å². The van der Waals surface area contributed by atoms with Crippen molar-refractivity contribution in [2.45, 2.75) is 19.8 Å². The number of methoxy groups -OCH3 is 1. The predicted octanol–water partition coefficient (Wildman–Crippen LogP) is 3.80. The van der Waals surface area contributed by atoms with E-state index in [4.69, 9.17) is 16.3 Å². The van der Waals surface area contributed by atoms with Crippen LogP contribution in [0.1, 0.15) is 19.0 Å². The molecule has 0 saturated heterocycles. The van der Waals surface area contributed by atoms with Gasteiger partial charge >= 0.3 is 0 Å². The molecule has 5 heteroatoms. The number of hydrogen-bond donors (Lipinski definition) is 1. The van der Waals surface area contributed by atoms with E-state index in [1.807, 2.05) is 31.3 Å². The minimum Gasteiger partial charge on any atom is -0.495 e. The number of rotatable bonds is 5. The lowest BCUT2D eigenvalue weighted by Gasteiger charge is -2.09. The van der Waals surface area contributed by atoms with Gasteiger partial charge in [-0.2, -0.15) is 0 Å². The Morgan fingerprint density at radius 3 is 2.65 bits per heavy atom. The molecule has 2 rings (SSSR count). The molecular weight excluding hydrogens is 274 g/mol. The predicted molar refractivity (Wildman–Crippen MR) is 82.6 cm³/mol. The average molecular weight is 292 g/mol. The van der Waals surface area contributed by atoms with E-state index in [0.717, 1.165) is 29.9 Å². The fourth-order valence-electron chi connectivity index (χ4n) is 1.94. The first kappa shape index (κ1) is 14.6. The van der Waals surface area contributed by atoms with E-state index in [1.54, 1.807) is 7.11 Å². The van der Waals surface area contributed by atoms with Gasteiger partial charge in [0.15, 0.2) is 5.82 Å². The topological polar surface area (TPSA) is 47.0 Å². The molecule has 0 fully saturated rings. The maximum atomic E-state index is 6.16. The average Bonchev–Trinajstić information content (AvgIpc) is 2.47. The lowest BCUT2D eigenvalue weighted by Crippen LogP contribution is -2.01. The fourth-order valence-corrected chi connectivity index (χ4v) is 2.20. The summed E-state index contributed by atoms with van der Waals surface area (Å²) >= 11 is 6.16. The van der Waals surface area contributed by atoms with Crippen LogP contribution in [0.4, 0.5) is 5.82 Å². The van der Waals surface area contributed by atoms with Crippen LogP contribution in [0.2, 0.25) is 5.02 Å². The molecule has 0 unspecified atom stereocenters. The van der Waals surface area contributed by atoms with Gasteiger partial charge in [0.1, 0.15) is 11.6 Å². The molecule has 106 valence electrons. The quantitative estimate of drug-likeness (QED) is 0.910. The van der Waals surface area contributed by atoms with E-state index in [-0.39, 0.29) is 0 Å². The molecule has 20 heavy (non-hydrogen) atoms. The molecule has 0 atom stereocenters. The molecule has 0 saturated carbocycles. The summed E-state index contributed by atoms with van der Waals surface area (Å²) in [6.45, 7) is 2.13. The number of hydrogen-bond acceptors (Lipinski definition) is 4. The second kappa shape index (κ2) is 6.57. The highest BCUT2D eigenvalue weighted by Crippen LogP contribution is 2.29. The van der Waals surface area contributed by atoms with Gasteiger partial charge in [-0.25, -0.2) is 9.97 Å². The zero-order valence-electron chi connectivity index (χ0n) is 11.9. The highest BCUT2D eigenvalue weighted by atomic mass is 35.5. The van der Waals surface area contributed by atoms with Crippen LogP contribution in [-0.4, -0.2) is 24.1 Å². The van der Waals surface area contributed by atoms with Gasteiger partial charge in [-0.3, -0.25) is 0 Å². The van der Waals surface area contributed by atoms with Gasteiger partial charge < -0.3 is 10.1 Å². The molecule has 1 N–H and O–H groups in total. The highest BCUT2D eigenvalue weighted by Gasteiger charge is 2.09. The zero-order chi connectivity index (χ0) is 14.5. The van der Waals surface area contributed by atoms with Crippen LogP contribution in [0.15, 0.2) is 24.3 Å². The van der Waals surface area contributed by atoms with Crippen LogP contribution in [-0.2, 0) is 6.42 Å². The molecule has 4 nitrogen and oxygen atoms in total. The summed E-state index contributed by atoms with van der Waals surface area (Å²) in [5.74, 6) is 2.13. The van der Waals surface area contributed by atoms with E-state index in [9.17, 15) is 0 Å². The Hall–Kier alpha value is -1.81. The molecule has 0 aliphatic heterocycles. The van der Waals surface area contributed by atoms with Crippen molar-refractivity contribution in [3.8, 4) is 17.1 Å². The van der Waals surface area contributed by atoms with Gasteiger partial charge in [0.05, 0.1) is 12.1 Å². The van der Waals surface area contributed by atoms with Crippen LogP contribution in [0.3, 0.4) is 0 Å². The molecule has 0 aliphatic carbocycles. The maximum absolute atomic E-state index is 6.16. The smallest absolute Gasteiger partial charge is 0.161 e. The lowest BCUT2D eigenvalue weighted by atomic mass is 10.2. The molecule has 0 aliphatic rings. The second-order valence-electron chi connectivity index (χ2n) is 4.42. The first-order chi connectivity index (χ1) is 9.67. The number of benzene rings is 1. The minimum atomic E-state index is 0.556. The van der Waals surface area contributed by atoms with Crippen molar-refractivity contribution in [1.29, 1.82) is 0 Å². The molecule has 0 bridgehead atoms. The second-order valence-corrected chi connectivity index (χ2v) is 4.82. The molecule has 1 heterocycles. The van der Waals surface area contributed by atoms with Crippen molar-refractivity contribution in [2.75, 3.05) is 19.5 Å². The molecule has 0 amide bonds. The lowest BCUT2D eigenvalue weighted by molar-refractivity contribution is 0.415. The van der Waals surface area contributed by atoms with Gasteiger partial charge in [0.25, 0.3) is 0 Å². The van der Waals surface area contributed by atoms with Crippen molar-refractivity contribution in [2.24, 2.45) is 0 Å². The largest absolute Gasteiger partial charge is 0.495 e. The third-order valence-electron chi connectivity index (χ3n) is 2.95. The van der Waals surface area contributed by atoms with Crippen molar-refractivity contribution in [3.05, 3.63) is 35.0 Å². The summed E-state index contributed by atoms with van der Waals surface area (Å²) in [5, 5.41) is 3.62. The summed E-state index contributed by atoms with van der Waals surface area (Å²) in [7, 11) is 3.45. The highest BCUT2D eigenvalue weighted by molar-refractivity contribution is 6.32. The fraction of sp³-hybridized carbons (Fsp3) is 0.333. The Morgan fingerprint density at radius 2 is 2.05 bits per heavy atom. The van der Waals surface area contributed by atoms with Gasteiger partial charge in [-0.05, 0) is 24.6 Å². The molecule has 2 aromatic rings. The number of anilines is 1. The van der Waals surface area contributed by atoms with Crippen LogP contribution in [0.5, 0.6) is 5.75 Å². The Morgan fingerprint density at radius 1 is 1.25 bits per heavy atom. The number of nitrogens with zero attached hydrogens (tertiary/aromatic N) is 2. The van der Waals surface area contributed by atoms with Gasteiger partial charge in [-0.1, -0.05) is 24.9 Å². The molecule has 0 spiro atoms. The SMILES string of the molecule is CCCc1cc(NC)nc(-c2ccc(OC)c(Cl)c2)n1. The minimum absolute atomic E-state index is 0.556. The van der Waals surface area contributed by atoms with Crippen LogP contribution in [0, 0.1) is 0 Å². The summed E-state index contributed by atoms with van der Waals surface area (Å²) in [5.41, 5.74) is 1.90.